The highest BCUT2D eigenvalue weighted by Gasteiger charge is 2.46. The number of carbonyl (C=O) groups excluding carboxylic acids is 4. The molecule has 8 nitrogen and oxygen atoms in total. The summed E-state index contributed by atoms with van der Waals surface area (Å²) in [5.74, 6) is -2.25. The van der Waals surface area contributed by atoms with E-state index in [1.165, 1.54) is 12.1 Å². The van der Waals surface area contributed by atoms with Crippen LogP contribution in [0.1, 0.15) is 52.8 Å². The Morgan fingerprint density at radius 1 is 1.04 bits per heavy atom. The number of amides is 4. The molecule has 126 valence electrons. The third kappa shape index (κ3) is 2.60. The van der Waals surface area contributed by atoms with E-state index in [0.29, 0.717) is 30.7 Å². The number of carbonyl (C=O) groups is 4. The van der Waals surface area contributed by atoms with Crippen LogP contribution in [0.3, 0.4) is 0 Å². The molecule has 0 bridgehead atoms. The molecule has 0 saturated heterocycles. The molecule has 0 atom stereocenters. The maximum Gasteiger partial charge on any atom is 0.358 e. The fraction of sp³-hybridized carbons (Fsp3) is 0.375. The summed E-state index contributed by atoms with van der Waals surface area (Å²) < 4.78 is 0. The Labute approximate surface area is 137 Å². The molecule has 0 spiro atoms. The van der Waals surface area contributed by atoms with Gasteiger partial charge in [-0.25, -0.2) is 9.59 Å². The number of nitrogens with two attached hydrogens (primary N) is 1. The van der Waals surface area contributed by atoms with Gasteiger partial charge in [0.15, 0.2) is 0 Å². The van der Waals surface area contributed by atoms with Gasteiger partial charge in [0.25, 0.3) is 11.8 Å². The van der Waals surface area contributed by atoms with Crippen molar-refractivity contribution in [2.45, 2.75) is 37.6 Å². The summed E-state index contributed by atoms with van der Waals surface area (Å²) >= 11 is 0. The predicted octanol–water partition coefficient (Wildman–Crippen LogP) is 1.11. The Bertz CT molecular complexity index is 689. The SMILES string of the molecule is NC(=O)NC1(C(=O)ON2C(=O)c3ccccc3C2=O)CCCCC1. The van der Waals surface area contributed by atoms with Crippen molar-refractivity contribution in [2.24, 2.45) is 5.73 Å². The van der Waals surface area contributed by atoms with E-state index in [-0.39, 0.29) is 11.1 Å². The molecule has 1 aliphatic carbocycles. The van der Waals surface area contributed by atoms with Crippen LogP contribution < -0.4 is 11.1 Å². The Kier molecular flexibility index (Phi) is 3.96. The molecule has 0 radical (unpaired) electrons. The summed E-state index contributed by atoms with van der Waals surface area (Å²) in [5.41, 5.74) is 4.22. The summed E-state index contributed by atoms with van der Waals surface area (Å²) in [4.78, 5) is 53.5. The van der Waals surface area contributed by atoms with Crippen LogP contribution in [0.25, 0.3) is 0 Å². The number of rotatable bonds is 3. The van der Waals surface area contributed by atoms with Gasteiger partial charge in [0.2, 0.25) is 0 Å². The molecule has 0 aromatic heterocycles. The number of fused-ring (bicyclic) bond motifs is 1. The van der Waals surface area contributed by atoms with Gasteiger partial charge in [-0.3, -0.25) is 9.59 Å². The molecule has 24 heavy (non-hydrogen) atoms. The summed E-state index contributed by atoms with van der Waals surface area (Å²) in [6.45, 7) is 0. The maximum atomic E-state index is 12.6. The quantitative estimate of drug-likeness (QED) is 0.804. The van der Waals surface area contributed by atoms with E-state index in [4.69, 9.17) is 10.6 Å². The number of nitrogens with one attached hydrogen (secondary N) is 1. The van der Waals surface area contributed by atoms with E-state index in [1.54, 1.807) is 12.1 Å². The zero-order valence-corrected chi connectivity index (χ0v) is 12.9. The first-order chi connectivity index (χ1) is 11.4. The number of imide groups is 1. The lowest BCUT2D eigenvalue weighted by molar-refractivity contribution is -0.178. The highest BCUT2D eigenvalue weighted by molar-refractivity contribution is 6.21. The zero-order chi connectivity index (χ0) is 17.3. The van der Waals surface area contributed by atoms with Crippen molar-refractivity contribution in [1.29, 1.82) is 0 Å². The third-order valence-electron chi connectivity index (χ3n) is 4.39. The van der Waals surface area contributed by atoms with Gasteiger partial charge in [-0.2, -0.15) is 0 Å². The molecular weight excluding hydrogens is 314 g/mol. The number of primary amides is 1. The van der Waals surface area contributed by atoms with Crippen LogP contribution in [0.5, 0.6) is 0 Å². The second kappa shape index (κ2) is 5.95. The second-order valence-electron chi connectivity index (χ2n) is 5.96. The molecule has 4 amide bonds. The molecule has 8 heteroatoms. The van der Waals surface area contributed by atoms with Crippen molar-refractivity contribution in [3.63, 3.8) is 0 Å². The lowest BCUT2D eigenvalue weighted by atomic mass is 9.82. The number of nitrogens with zero attached hydrogens (tertiary/aromatic N) is 1. The third-order valence-corrected chi connectivity index (χ3v) is 4.39. The Balaban J connectivity index is 1.82. The molecule has 1 fully saturated rings. The molecule has 1 aromatic rings. The topological polar surface area (TPSA) is 119 Å². The van der Waals surface area contributed by atoms with Crippen molar-refractivity contribution >= 4 is 23.8 Å². The molecule has 1 aromatic carbocycles. The van der Waals surface area contributed by atoms with Gasteiger partial charge in [0.1, 0.15) is 5.54 Å². The first-order valence-electron chi connectivity index (χ1n) is 7.72. The smallest absolute Gasteiger partial charge is 0.352 e. The monoisotopic (exact) mass is 331 g/mol. The fourth-order valence-electron chi connectivity index (χ4n) is 3.19. The van der Waals surface area contributed by atoms with Gasteiger partial charge < -0.3 is 15.9 Å². The van der Waals surface area contributed by atoms with E-state index in [1.807, 2.05) is 0 Å². The van der Waals surface area contributed by atoms with E-state index < -0.39 is 29.4 Å². The van der Waals surface area contributed by atoms with E-state index >= 15 is 0 Å². The van der Waals surface area contributed by atoms with Crippen LogP contribution in [-0.2, 0) is 9.63 Å². The highest BCUT2D eigenvalue weighted by Crippen LogP contribution is 2.31. The minimum atomic E-state index is -1.31. The van der Waals surface area contributed by atoms with Crippen LogP contribution in [-0.4, -0.2) is 34.4 Å². The number of urea groups is 1. The molecule has 0 unspecified atom stereocenters. The normalized spacial score (nSPS) is 18.9. The lowest BCUT2D eigenvalue weighted by Gasteiger charge is -2.35. The minimum Gasteiger partial charge on any atom is -0.352 e. The van der Waals surface area contributed by atoms with Crippen LogP contribution in [0.15, 0.2) is 24.3 Å². The second-order valence-corrected chi connectivity index (χ2v) is 5.96. The van der Waals surface area contributed by atoms with Gasteiger partial charge in [0.05, 0.1) is 11.1 Å². The molecule has 1 aliphatic heterocycles. The summed E-state index contributed by atoms with van der Waals surface area (Å²) in [6, 6.07) is 5.36. The number of hydrogen-bond donors (Lipinski definition) is 2. The van der Waals surface area contributed by atoms with E-state index in [2.05, 4.69) is 5.32 Å². The van der Waals surface area contributed by atoms with Crippen molar-refractivity contribution in [1.82, 2.24) is 10.4 Å². The van der Waals surface area contributed by atoms with Crippen LogP contribution in [0.4, 0.5) is 4.79 Å². The van der Waals surface area contributed by atoms with Crippen LogP contribution >= 0.6 is 0 Å². The molecule has 3 N–H and O–H groups in total. The standard InChI is InChI=1S/C16H17N3O5/c17-15(23)18-16(8-4-1-5-9-16)14(22)24-19-12(20)10-6-2-3-7-11(10)13(19)21/h2-3,6-7H,1,4-5,8-9H2,(H3,17,18,23). The summed E-state index contributed by atoms with van der Waals surface area (Å²) in [6.07, 6.45) is 3.02. The van der Waals surface area contributed by atoms with Crippen molar-refractivity contribution in [2.75, 3.05) is 0 Å². The van der Waals surface area contributed by atoms with Crippen LogP contribution in [0, 0.1) is 0 Å². The molecule has 3 rings (SSSR count). The van der Waals surface area contributed by atoms with Gasteiger partial charge in [0, 0.05) is 0 Å². The van der Waals surface area contributed by atoms with Crippen molar-refractivity contribution in [3.8, 4) is 0 Å². The average molecular weight is 331 g/mol. The van der Waals surface area contributed by atoms with Gasteiger partial charge in [-0.15, -0.1) is 0 Å². The first-order valence-corrected chi connectivity index (χ1v) is 7.72. The van der Waals surface area contributed by atoms with Gasteiger partial charge in [-0.1, -0.05) is 36.5 Å². The lowest BCUT2D eigenvalue weighted by Crippen LogP contribution is -2.59. The van der Waals surface area contributed by atoms with Crippen molar-refractivity contribution < 1.29 is 24.0 Å². The Morgan fingerprint density at radius 2 is 1.58 bits per heavy atom. The summed E-state index contributed by atoms with van der Waals surface area (Å²) in [5, 5.41) is 2.89. The van der Waals surface area contributed by atoms with Crippen molar-refractivity contribution in [3.05, 3.63) is 35.4 Å². The van der Waals surface area contributed by atoms with Gasteiger partial charge in [-0.05, 0) is 25.0 Å². The number of hydroxylamine groups is 2. The van der Waals surface area contributed by atoms with E-state index in [0.717, 1.165) is 6.42 Å². The maximum absolute atomic E-state index is 12.6. The molecule has 1 heterocycles. The molecule has 2 aliphatic rings. The largest absolute Gasteiger partial charge is 0.358 e. The number of hydrogen-bond acceptors (Lipinski definition) is 5. The molecule has 1 saturated carbocycles. The average Bonchev–Trinajstić information content (AvgIpc) is 2.80. The zero-order valence-electron chi connectivity index (χ0n) is 12.9. The highest BCUT2D eigenvalue weighted by atomic mass is 16.7. The Hall–Kier alpha value is -2.90. The van der Waals surface area contributed by atoms with Crippen LogP contribution in [0.2, 0.25) is 0 Å². The minimum absolute atomic E-state index is 0.177. The number of benzene rings is 1. The Morgan fingerprint density at radius 3 is 2.08 bits per heavy atom. The fourth-order valence-corrected chi connectivity index (χ4v) is 3.19. The first kappa shape index (κ1) is 16.0. The van der Waals surface area contributed by atoms with E-state index in [9.17, 15) is 19.2 Å². The van der Waals surface area contributed by atoms with Gasteiger partial charge >= 0.3 is 12.0 Å². The molecular formula is C16H17N3O5. The summed E-state index contributed by atoms with van der Waals surface area (Å²) in [7, 11) is 0. The predicted molar refractivity (Wildman–Crippen MR) is 81.6 cm³/mol.